The fourth-order valence-corrected chi connectivity index (χ4v) is 6.30. The van der Waals surface area contributed by atoms with Crippen molar-refractivity contribution in [2.24, 2.45) is 11.0 Å². The van der Waals surface area contributed by atoms with Crippen LogP contribution in [0.5, 0.6) is 0 Å². The van der Waals surface area contributed by atoms with E-state index in [0.29, 0.717) is 0 Å². The summed E-state index contributed by atoms with van der Waals surface area (Å²) in [5, 5.41) is 3.84. The number of carbonyl (C=O) groups excluding carboxylic acids is 2. The van der Waals surface area contributed by atoms with Gasteiger partial charge in [0.2, 0.25) is 0 Å². The molecular weight excluding hydrogens is 512 g/mol. The lowest BCUT2D eigenvalue weighted by Crippen LogP contribution is -2.55. The van der Waals surface area contributed by atoms with E-state index in [-0.39, 0.29) is 45.7 Å². The highest BCUT2D eigenvalue weighted by atomic mass is 32.2. The van der Waals surface area contributed by atoms with E-state index in [2.05, 4.69) is 16.6 Å². The summed E-state index contributed by atoms with van der Waals surface area (Å²) in [5.74, 6) is -1.45. The number of amides is 1. The topological polar surface area (TPSA) is 145 Å². The first kappa shape index (κ1) is 29.4. The zero-order valence-electron chi connectivity index (χ0n) is 22.3. The quantitative estimate of drug-likeness (QED) is 0.159. The number of hydrogen-bond donors (Lipinski definition) is 0. The standard InChI is InChI=1S/C25H36N6O6S/c1-6-10-21-17-31(38(34,35)30-15-13-29(14-16-30)23(33)37-24(3,4)5)18-25(21,27-28-26)22(32)36-19(2)20-11-8-7-9-12-20/h6-9,11-12,19,21H,1,10,13-18H2,2-5H3/t19-,21+,25+/m1/s1. The predicted octanol–water partition coefficient (Wildman–Crippen LogP) is 3.65. The Bertz CT molecular complexity index is 1170. The van der Waals surface area contributed by atoms with Crippen LogP contribution >= 0.6 is 0 Å². The molecule has 0 spiro atoms. The summed E-state index contributed by atoms with van der Waals surface area (Å²) in [5.41, 5.74) is 7.71. The second-order valence-corrected chi connectivity index (χ2v) is 12.4. The first-order chi connectivity index (χ1) is 17.8. The van der Waals surface area contributed by atoms with Gasteiger partial charge in [-0.25, -0.2) is 4.79 Å². The minimum Gasteiger partial charge on any atom is -0.457 e. The van der Waals surface area contributed by atoms with Crippen LogP contribution in [-0.4, -0.2) is 84.4 Å². The minimum atomic E-state index is -4.04. The van der Waals surface area contributed by atoms with Crippen LogP contribution in [0.2, 0.25) is 0 Å². The summed E-state index contributed by atoms with van der Waals surface area (Å²) in [6, 6.07) is 9.09. The molecule has 0 bridgehead atoms. The van der Waals surface area contributed by atoms with Crippen LogP contribution in [0.15, 0.2) is 48.1 Å². The molecule has 0 radical (unpaired) electrons. The van der Waals surface area contributed by atoms with Crippen molar-refractivity contribution >= 4 is 22.3 Å². The number of carbonyl (C=O) groups is 2. The summed E-state index contributed by atoms with van der Waals surface area (Å²) in [6.07, 6.45) is 0.673. The van der Waals surface area contributed by atoms with Gasteiger partial charge < -0.3 is 14.4 Å². The Kier molecular flexibility index (Phi) is 9.09. The monoisotopic (exact) mass is 548 g/mol. The second-order valence-electron chi connectivity index (χ2n) is 10.5. The Labute approximate surface area is 224 Å². The van der Waals surface area contributed by atoms with Gasteiger partial charge >= 0.3 is 12.1 Å². The van der Waals surface area contributed by atoms with Gasteiger partial charge in [-0.3, -0.25) is 4.79 Å². The molecule has 38 heavy (non-hydrogen) atoms. The van der Waals surface area contributed by atoms with Crippen molar-refractivity contribution < 1.29 is 27.5 Å². The molecule has 0 saturated carbocycles. The SMILES string of the molecule is C=CC[C@H]1CN(S(=O)(=O)N2CCN(C(=O)OC(C)(C)C)CC2)C[C@@]1(N=[N+]=[N-])C(=O)O[C@H](C)c1ccccc1. The molecule has 1 aromatic rings. The highest BCUT2D eigenvalue weighted by molar-refractivity contribution is 7.86. The van der Waals surface area contributed by atoms with Gasteiger partial charge in [0.1, 0.15) is 11.7 Å². The Morgan fingerprint density at radius 1 is 1.21 bits per heavy atom. The Morgan fingerprint density at radius 2 is 1.84 bits per heavy atom. The van der Waals surface area contributed by atoms with Gasteiger partial charge in [-0.1, -0.05) is 41.5 Å². The van der Waals surface area contributed by atoms with Crippen LogP contribution in [0.25, 0.3) is 10.4 Å². The van der Waals surface area contributed by atoms with Crippen LogP contribution < -0.4 is 0 Å². The van der Waals surface area contributed by atoms with Crippen LogP contribution in [0.4, 0.5) is 4.79 Å². The molecular formula is C25H36N6O6S. The molecule has 208 valence electrons. The maximum Gasteiger partial charge on any atom is 0.410 e. The molecule has 0 unspecified atom stereocenters. The Morgan fingerprint density at radius 3 is 2.39 bits per heavy atom. The van der Waals surface area contributed by atoms with Gasteiger partial charge in [0.25, 0.3) is 10.2 Å². The highest BCUT2D eigenvalue weighted by Crippen LogP contribution is 2.39. The van der Waals surface area contributed by atoms with E-state index >= 15 is 0 Å². The Hall–Kier alpha value is -3.12. The summed E-state index contributed by atoms with van der Waals surface area (Å²) in [7, 11) is -4.04. The lowest BCUT2D eigenvalue weighted by Gasteiger charge is -2.36. The fourth-order valence-electron chi connectivity index (χ4n) is 4.62. The lowest BCUT2D eigenvalue weighted by atomic mass is 9.85. The molecule has 2 heterocycles. The average molecular weight is 549 g/mol. The van der Waals surface area contributed by atoms with Crippen molar-refractivity contribution in [1.29, 1.82) is 0 Å². The number of rotatable bonds is 8. The smallest absolute Gasteiger partial charge is 0.410 e. The molecule has 1 amide bonds. The maximum atomic E-state index is 13.6. The number of piperazine rings is 1. The van der Waals surface area contributed by atoms with E-state index in [1.807, 2.05) is 30.3 Å². The molecule has 0 aromatic heterocycles. The molecule has 3 rings (SSSR count). The van der Waals surface area contributed by atoms with Gasteiger partial charge in [0.05, 0.1) is 0 Å². The molecule has 2 fully saturated rings. The minimum absolute atomic E-state index is 0.0472. The van der Waals surface area contributed by atoms with E-state index in [1.165, 1.54) is 9.21 Å². The van der Waals surface area contributed by atoms with Crippen LogP contribution in [0.1, 0.15) is 45.8 Å². The predicted molar refractivity (Wildman–Crippen MR) is 141 cm³/mol. The summed E-state index contributed by atoms with van der Waals surface area (Å²) < 4.78 is 40.7. The third-order valence-electron chi connectivity index (χ3n) is 6.64. The highest BCUT2D eigenvalue weighted by Gasteiger charge is 2.56. The average Bonchev–Trinajstić information content (AvgIpc) is 3.24. The van der Waals surface area contributed by atoms with Crippen molar-refractivity contribution in [3.8, 4) is 0 Å². The number of nitrogens with zero attached hydrogens (tertiary/aromatic N) is 6. The molecule has 2 saturated heterocycles. The summed E-state index contributed by atoms with van der Waals surface area (Å²) in [6.45, 7) is 10.8. The first-order valence-electron chi connectivity index (χ1n) is 12.5. The van der Waals surface area contributed by atoms with Gasteiger partial charge in [0.15, 0.2) is 5.54 Å². The van der Waals surface area contributed by atoms with Crippen LogP contribution in [-0.2, 0) is 24.5 Å². The van der Waals surface area contributed by atoms with Crippen molar-refractivity contribution in [2.45, 2.75) is 51.4 Å². The van der Waals surface area contributed by atoms with E-state index in [9.17, 15) is 23.5 Å². The van der Waals surface area contributed by atoms with Gasteiger partial charge in [-0.15, -0.1) is 6.58 Å². The second kappa shape index (κ2) is 11.7. The van der Waals surface area contributed by atoms with Crippen LogP contribution in [0.3, 0.4) is 0 Å². The van der Waals surface area contributed by atoms with E-state index in [0.717, 1.165) is 9.87 Å². The van der Waals surface area contributed by atoms with Crippen molar-refractivity contribution in [3.05, 3.63) is 59.0 Å². The number of hydrogen-bond acceptors (Lipinski definition) is 7. The molecule has 13 heteroatoms. The maximum absolute atomic E-state index is 13.6. The number of esters is 1. The van der Waals surface area contributed by atoms with Crippen molar-refractivity contribution in [2.75, 3.05) is 39.3 Å². The number of allylic oxidation sites excluding steroid dienone is 1. The molecule has 2 aliphatic heterocycles. The van der Waals surface area contributed by atoms with E-state index in [4.69, 9.17) is 9.47 Å². The third-order valence-corrected chi connectivity index (χ3v) is 8.59. The third kappa shape index (κ3) is 6.47. The molecule has 3 atom stereocenters. The van der Waals surface area contributed by atoms with Crippen molar-refractivity contribution in [3.63, 3.8) is 0 Å². The van der Waals surface area contributed by atoms with E-state index < -0.39 is 45.4 Å². The number of ether oxygens (including phenoxy) is 2. The normalized spacial score (nSPS) is 23.8. The van der Waals surface area contributed by atoms with E-state index in [1.54, 1.807) is 33.8 Å². The number of azide groups is 1. The zero-order valence-corrected chi connectivity index (χ0v) is 23.1. The molecule has 1 aromatic carbocycles. The fraction of sp³-hybridized carbons (Fsp3) is 0.600. The molecule has 0 N–H and O–H groups in total. The number of benzene rings is 1. The van der Waals surface area contributed by atoms with Crippen molar-refractivity contribution in [1.82, 2.24) is 13.5 Å². The largest absolute Gasteiger partial charge is 0.457 e. The van der Waals surface area contributed by atoms with Gasteiger partial charge in [0, 0.05) is 44.2 Å². The molecule has 2 aliphatic rings. The first-order valence-corrected chi connectivity index (χ1v) is 13.9. The molecule has 12 nitrogen and oxygen atoms in total. The van der Waals surface area contributed by atoms with Gasteiger partial charge in [-0.2, -0.15) is 17.0 Å². The Balaban J connectivity index is 1.78. The molecule has 0 aliphatic carbocycles. The zero-order chi connectivity index (χ0) is 28.1. The summed E-state index contributed by atoms with van der Waals surface area (Å²) >= 11 is 0. The lowest BCUT2D eigenvalue weighted by molar-refractivity contribution is -0.156. The summed E-state index contributed by atoms with van der Waals surface area (Å²) in [4.78, 5) is 30.2. The van der Waals surface area contributed by atoms with Crippen LogP contribution in [0, 0.1) is 5.92 Å². The van der Waals surface area contributed by atoms with Gasteiger partial charge in [-0.05, 0) is 51.1 Å².